The van der Waals surface area contributed by atoms with Gasteiger partial charge < -0.3 is 5.73 Å². The maximum atomic E-state index is 6.15. The van der Waals surface area contributed by atoms with Crippen LogP contribution in [-0.2, 0) is 6.42 Å². The first-order valence-corrected chi connectivity index (χ1v) is 6.87. The first-order valence-electron chi connectivity index (χ1n) is 6.87. The van der Waals surface area contributed by atoms with Crippen molar-refractivity contribution < 1.29 is 0 Å². The van der Waals surface area contributed by atoms with Crippen LogP contribution < -0.4 is 5.73 Å². The van der Waals surface area contributed by atoms with E-state index in [-0.39, 0.29) is 6.04 Å². The molecule has 1 atom stereocenters. The van der Waals surface area contributed by atoms with E-state index in [2.05, 4.69) is 52.0 Å². The van der Waals surface area contributed by atoms with Crippen LogP contribution in [-0.4, -0.2) is 6.04 Å². The van der Waals surface area contributed by atoms with Gasteiger partial charge in [0.05, 0.1) is 0 Å². The number of nitrogens with two attached hydrogens (primary N) is 1. The quantitative estimate of drug-likeness (QED) is 0.783. The van der Waals surface area contributed by atoms with Gasteiger partial charge in [0.25, 0.3) is 0 Å². The summed E-state index contributed by atoms with van der Waals surface area (Å²) in [6.45, 7) is 9.00. The lowest BCUT2D eigenvalue weighted by molar-refractivity contribution is 0.299. The summed E-state index contributed by atoms with van der Waals surface area (Å²) >= 11 is 0. The lowest BCUT2D eigenvalue weighted by atomic mass is 9.74. The van der Waals surface area contributed by atoms with E-state index in [1.165, 1.54) is 28.7 Å². The van der Waals surface area contributed by atoms with E-state index in [1.54, 1.807) is 0 Å². The number of aryl methyl sites for hydroxylation is 2. The van der Waals surface area contributed by atoms with Crippen molar-refractivity contribution in [3.63, 3.8) is 0 Å². The fourth-order valence-corrected chi connectivity index (χ4v) is 3.10. The molecule has 18 heavy (non-hydrogen) atoms. The van der Waals surface area contributed by atoms with Crippen LogP contribution in [0, 0.1) is 19.3 Å². The lowest BCUT2D eigenvalue weighted by Crippen LogP contribution is -2.31. The van der Waals surface area contributed by atoms with Gasteiger partial charge >= 0.3 is 0 Å². The van der Waals surface area contributed by atoms with Crippen LogP contribution in [0.15, 0.2) is 29.8 Å². The average Bonchev–Trinajstić information content (AvgIpc) is 2.20. The molecule has 0 saturated heterocycles. The van der Waals surface area contributed by atoms with Gasteiger partial charge in [0.1, 0.15) is 0 Å². The van der Waals surface area contributed by atoms with Gasteiger partial charge in [-0.1, -0.05) is 49.3 Å². The number of allylic oxidation sites excluding steroid dienone is 1. The zero-order valence-electron chi connectivity index (χ0n) is 12.1. The highest BCUT2D eigenvalue weighted by atomic mass is 14.6. The van der Waals surface area contributed by atoms with Crippen molar-refractivity contribution in [2.24, 2.45) is 11.1 Å². The number of hydrogen-bond acceptors (Lipinski definition) is 1. The van der Waals surface area contributed by atoms with Gasteiger partial charge in [0, 0.05) is 6.04 Å². The molecule has 1 aromatic carbocycles. The van der Waals surface area contributed by atoms with Gasteiger partial charge in [-0.05, 0) is 49.7 Å². The number of rotatable bonds is 2. The normalized spacial score (nSPS) is 22.7. The Morgan fingerprint density at radius 1 is 1.28 bits per heavy atom. The average molecular weight is 243 g/mol. The summed E-state index contributed by atoms with van der Waals surface area (Å²) in [6, 6.07) is 6.94. The molecule has 2 N–H and O–H groups in total. The van der Waals surface area contributed by atoms with Crippen LogP contribution in [0.25, 0.3) is 0 Å². The van der Waals surface area contributed by atoms with E-state index < -0.39 is 0 Å². The standard InChI is InChI=1S/C17H25N/c1-12-5-6-13(2)15(7-12)8-14-9-16(18)11-17(3,4)10-14/h5-7,9,16H,8,10-11,18H2,1-4H3. The largest absolute Gasteiger partial charge is 0.324 e. The van der Waals surface area contributed by atoms with E-state index >= 15 is 0 Å². The summed E-state index contributed by atoms with van der Waals surface area (Å²) in [5.74, 6) is 0. The fraction of sp³-hybridized carbons (Fsp3) is 0.529. The molecule has 1 aliphatic carbocycles. The van der Waals surface area contributed by atoms with Crippen molar-refractivity contribution in [1.82, 2.24) is 0 Å². The van der Waals surface area contributed by atoms with Crippen molar-refractivity contribution in [2.75, 3.05) is 0 Å². The van der Waals surface area contributed by atoms with Gasteiger partial charge in [-0.2, -0.15) is 0 Å². The Morgan fingerprint density at radius 2 is 2.00 bits per heavy atom. The number of hydrogen-bond donors (Lipinski definition) is 1. The second kappa shape index (κ2) is 4.89. The molecule has 0 aromatic heterocycles. The van der Waals surface area contributed by atoms with Crippen LogP contribution in [0.5, 0.6) is 0 Å². The summed E-state index contributed by atoms with van der Waals surface area (Å²) in [7, 11) is 0. The third kappa shape index (κ3) is 3.23. The molecule has 1 nitrogen and oxygen atoms in total. The predicted octanol–water partition coefficient (Wildman–Crippen LogP) is 3.92. The minimum Gasteiger partial charge on any atom is -0.324 e. The monoisotopic (exact) mass is 243 g/mol. The van der Waals surface area contributed by atoms with Gasteiger partial charge in [0.2, 0.25) is 0 Å². The van der Waals surface area contributed by atoms with Crippen molar-refractivity contribution in [3.05, 3.63) is 46.5 Å². The Hall–Kier alpha value is -1.08. The van der Waals surface area contributed by atoms with Crippen molar-refractivity contribution in [3.8, 4) is 0 Å². The minimum absolute atomic E-state index is 0.230. The van der Waals surface area contributed by atoms with Gasteiger partial charge in [-0.3, -0.25) is 0 Å². The SMILES string of the molecule is Cc1ccc(C)c(CC2=CC(N)CC(C)(C)C2)c1. The second-order valence-electron chi connectivity index (χ2n) is 6.64. The summed E-state index contributed by atoms with van der Waals surface area (Å²) < 4.78 is 0. The van der Waals surface area contributed by atoms with Crippen LogP contribution >= 0.6 is 0 Å². The second-order valence-corrected chi connectivity index (χ2v) is 6.64. The highest BCUT2D eigenvalue weighted by molar-refractivity contribution is 5.34. The summed E-state index contributed by atoms with van der Waals surface area (Å²) in [5.41, 5.74) is 12.2. The Bertz CT molecular complexity index is 468. The van der Waals surface area contributed by atoms with Crippen LogP contribution in [0.4, 0.5) is 0 Å². The topological polar surface area (TPSA) is 26.0 Å². The summed E-state index contributed by atoms with van der Waals surface area (Å²) in [5, 5.41) is 0. The molecule has 0 radical (unpaired) electrons. The van der Waals surface area contributed by atoms with Crippen molar-refractivity contribution in [1.29, 1.82) is 0 Å². The van der Waals surface area contributed by atoms with E-state index in [4.69, 9.17) is 5.73 Å². The zero-order chi connectivity index (χ0) is 13.3. The molecule has 0 bridgehead atoms. The summed E-state index contributed by atoms with van der Waals surface area (Å²) in [4.78, 5) is 0. The van der Waals surface area contributed by atoms with E-state index in [1.807, 2.05) is 0 Å². The van der Waals surface area contributed by atoms with E-state index in [0.29, 0.717) is 5.41 Å². The fourth-order valence-electron chi connectivity index (χ4n) is 3.10. The molecule has 0 amide bonds. The van der Waals surface area contributed by atoms with E-state index in [0.717, 1.165) is 12.8 Å². The summed E-state index contributed by atoms with van der Waals surface area (Å²) in [6.07, 6.45) is 5.62. The third-order valence-corrected chi connectivity index (χ3v) is 3.87. The highest BCUT2D eigenvalue weighted by Crippen LogP contribution is 2.36. The molecule has 1 aromatic rings. The van der Waals surface area contributed by atoms with Gasteiger partial charge in [0.15, 0.2) is 0 Å². The van der Waals surface area contributed by atoms with Crippen LogP contribution in [0.3, 0.4) is 0 Å². The Labute approximate surface area is 111 Å². The first kappa shape index (κ1) is 13.4. The van der Waals surface area contributed by atoms with Crippen LogP contribution in [0.1, 0.15) is 43.4 Å². The molecule has 0 saturated carbocycles. The molecule has 98 valence electrons. The third-order valence-electron chi connectivity index (χ3n) is 3.87. The molecular formula is C17H25N. The highest BCUT2D eigenvalue weighted by Gasteiger charge is 2.26. The molecule has 0 spiro atoms. The maximum absolute atomic E-state index is 6.15. The molecule has 1 heteroatoms. The minimum atomic E-state index is 0.230. The number of benzene rings is 1. The molecule has 0 heterocycles. The van der Waals surface area contributed by atoms with Gasteiger partial charge in [-0.15, -0.1) is 0 Å². The lowest BCUT2D eigenvalue weighted by Gasteiger charge is -2.33. The Kier molecular flexibility index (Phi) is 3.63. The molecular weight excluding hydrogens is 218 g/mol. The predicted molar refractivity (Wildman–Crippen MR) is 78.7 cm³/mol. The van der Waals surface area contributed by atoms with Crippen molar-refractivity contribution in [2.45, 2.75) is 53.0 Å². The van der Waals surface area contributed by atoms with Crippen molar-refractivity contribution >= 4 is 0 Å². The molecule has 0 aliphatic heterocycles. The van der Waals surface area contributed by atoms with Gasteiger partial charge in [-0.25, -0.2) is 0 Å². The Balaban J connectivity index is 2.21. The maximum Gasteiger partial charge on any atom is 0.0231 e. The first-order chi connectivity index (χ1) is 8.35. The Morgan fingerprint density at radius 3 is 2.67 bits per heavy atom. The molecule has 0 fully saturated rings. The van der Waals surface area contributed by atoms with Crippen LogP contribution in [0.2, 0.25) is 0 Å². The molecule has 1 unspecified atom stereocenters. The zero-order valence-corrected chi connectivity index (χ0v) is 12.1. The molecule has 1 aliphatic rings. The van der Waals surface area contributed by atoms with E-state index in [9.17, 15) is 0 Å². The smallest absolute Gasteiger partial charge is 0.0231 e. The molecule has 2 rings (SSSR count).